The van der Waals surface area contributed by atoms with E-state index >= 15 is 0 Å². The van der Waals surface area contributed by atoms with Crippen molar-refractivity contribution in [2.75, 3.05) is 23.3 Å². The van der Waals surface area contributed by atoms with Gasteiger partial charge in [0.15, 0.2) is 0 Å². The Balaban J connectivity index is 1.48. The van der Waals surface area contributed by atoms with Crippen LogP contribution in [-0.4, -0.2) is 29.9 Å². The summed E-state index contributed by atoms with van der Waals surface area (Å²) in [5.74, 6) is -1.31. The number of carbonyl (C=O) groups is 2. The lowest BCUT2D eigenvalue weighted by atomic mass is 10.1. The van der Waals surface area contributed by atoms with Crippen LogP contribution in [0.5, 0.6) is 0 Å². The lowest BCUT2D eigenvalue weighted by Crippen LogP contribution is -2.42. The summed E-state index contributed by atoms with van der Waals surface area (Å²) < 4.78 is 0. The number of aryl methyl sites for hydroxylation is 1. The highest BCUT2D eigenvalue weighted by molar-refractivity contribution is 6.39. The minimum Gasteiger partial charge on any atom is -0.362 e. The Morgan fingerprint density at radius 2 is 1.84 bits per heavy atom. The molecule has 6 heteroatoms. The first-order chi connectivity index (χ1) is 15.2. The molecule has 0 spiro atoms. The summed E-state index contributed by atoms with van der Waals surface area (Å²) in [6.07, 6.45) is 5.27. The van der Waals surface area contributed by atoms with E-state index in [2.05, 4.69) is 32.7 Å². The summed E-state index contributed by atoms with van der Waals surface area (Å²) in [5, 5.41) is 5.56. The summed E-state index contributed by atoms with van der Waals surface area (Å²) in [4.78, 5) is 31.6. The maximum absolute atomic E-state index is 12.6. The number of aromatic nitrogens is 1. The first-order valence-electron chi connectivity index (χ1n) is 10.6. The van der Waals surface area contributed by atoms with Crippen LogP contribution in [0.15, 0.2) is 73.1 Å². The summed E-state index contributed by atoms with van der Waals surface area (Å²) in [7, 11) is 0. The number of hydrogen-bond donors (Lipinski definition) is 2. The average Bonchev–Trinajstić information content (AvgIpc) is 3.24. The molecule has 158 valence electrons. The zero-order valence-electron chi connectivity index (χ0n) is 17.5. The molecule has 31 heavy (non-hydrogen) atoms. The van der Waals surface area contributed by atoms with Crippen molar-refractivity contribution in [2.24, 2.45) is 0 Å². The molecule has 1 aliphatic rings. The zero-order chi connectivity index (χ0) is 21.6. The fraction of sp³-hybridized carbons (Fsp3) is 0.240. The highest BCUT2D eigenvalue weighted by atomic mass is 16.2. The van der Waals surface area contributed by atoms with Crippen molar-refractivity contribution in [3.63, 3.8) is 0 Å². The van der Waals surface area contributed by atoms with E-state index in [1.54, 1.807) is 6.20 Å². The van der Waals surface area contributed by atoms with Gasteiger partial charge in [0.25, 0.3) is 0 Å². The van der Waals surface area contributed by atoms with Gasteiger partial charge in [-0.05, 0) is 47.7 Å². The van der Waals surface area contributed by atoms with Crippen molar-refractivity contribution in [3.05, 3.63) is 89.7 Å². The van der Waals surface area contributed by atoms with Gasteiger partial charge in [-0.3, -0.25) is 14.6 Å². The molecule has 2 N–H and O–H groups in total. The second-order valence-electron chi connectivity index (χ2n) is 7.55. The summed E-state index contributed by atoms with van der Waals surface area (Å²) in [5.41, 5.74) is 5.10. The zero-order valence-corrected chi connectivity index (χ0v) is 17.5. The van der Waals surface area contributed by atoms with Gasteiger partial charge in [0.1, 0.15) is 0 Å². The lowest BCUT2D eigenvalue weighted by molar-refractivity contribution is -0.136. The van der Waals surface area contributed by atoms with Gasteiger partial charge >= 0.3 is 11.8 Å². The number of amides is 2. The number of benzene rings is 2. The van der Waals surface area contributed by atoms with Crippen molar-refractivity contribution in [3.8, 4) is 0 Å². The number of nitrogens with one attached hydrogen (secondary N) is 2. The molecule has 0 bridgehead atoms. The molecule has 6 nitrogen and oxygen atoms in total. The third-order valence-corrected chi connectivity index (χ3v) is 5.68. The molecular formula is C25H26N4O2. The first-order valence-corrected chi connectivity index (χ1v) is 10.6. The Morgan fingerprint density at radius 1 is 1.03 bits per heavy atom. The van der Waals surface area contributed by atoms with Crippen molar-refractivity contribution >= 4 is 23.2 Å². The Labute approximate surface area is 182 Å². The Kier molecular flexibility index (Phi) is 6.26. The van der Waals surface area contributed by atoms with Gasteiger partial charge in [-0.1, -0.05) is 49.4 Å². The molecule has 1 aromatic heterocycles. The number of para-hydroxylation sites is 2. The fourth-order valence-corrected chi connectivity index (χ4v) is 4.07. The molecule has 2 aromatic carbocycles. The third kappa shape index (κ3) is 4.58. The van der Waals surface area contributed by atoms with E-state index in [0.29, 0.717) is 12.2 Å². The maximum Gasteiger partial charge on any atom is 0.313 e. The van der Waals surface area contributed by atoms with E-state index < -0.39 is 11.8 Å². The highest BCUT2D eigenvalue weighted by Crippen LogP contribution is 2.34. The highest BCUT2D eigenvalue weighted by Gasteiger charge is 2.28. The topological polar surface area (TPSA) is 74.3 Å². The minimum atomic E-state index is -0.660. The van der Waals surface area contributed by atoms with Gasteiger partial charge in [-0.2, -0.15) is 0 Å². The van der Waals surface area contributed by atoms with Crippen LogP contribution in [0.3, 0.4) is 0 Å². The lowest BCUT2D eigenvalue weighted by Gasteiger charge is -2.30. The fourth-order valence-electron chi connectivity index (χ4n) is 4.07. The van der Waals surface area contributed by atoms with Crippen molar-refractivity contribution in [1.82, 2.24) is 10.3 Å². The SMILES string of the molecule is CCc1ccccc1NC(=O)C(=O)NC[C@@H](c1cccnc1)N1CCc2ccccc21. The molecule has 2 amide bonds. The number of rotatable bonds is 6. The van der Waals surface area contributed by atoms with E-state index in [1.165, 1.54) is 5.56 Å². The smallest absolute Gasteiger partial charge is 0.313 e. The number of carbonyl (C=O) groups excluding carboxylic acids is 2. The van der Waals surface area contributed by atoms with Crippen molar-refractivity contribution in [1.29, 1.82) is 0 Å². The number of fused-ring (bicyclic) bond motifs is 1. The quantitative estimate of drug-likeness (QED) is 0.606. The molecule has 0 fully saturated rings. The van der Waals surface area contributed by atoms with E-state index in [9.17, 15) is 9.59 Å². The van der Waals surface area contributed by atoms with Crippen LogP contribution in [0.1, 0.15) is 29.7 Å². The molecule has 2 heterocycles. The van der Waals surface area contributed by atoms with E-state index in [0.717, 1.165) is 36.2 Å². The van der Waals surface area contributed by atoms with Crippen LogP contribution in [0.25, 0.3) is 0 Å². The number of anilines is 2. The van der Waals surface area contributed by atoms with Crippen LogP contribution in [0, 0.1) is 0 Å². The second-order valence-corrected chi connectivity index (χ2v) is 7.55. The predicted molar refractivity (Wildman–Crippen MR) is 122 cm³/mol. The molecule has 0 radical (unpaired) electrons. The van der Waals surface area contributed by atoms with E-state index in [4.69, 9.17) is 0 Å². The Bertz CT molecular complexity index is 1070. The number of pyridine rings is 1. The van der Waals surface area contributed by atoms with E-state index in [-0.39, 0.29) is 6.04 Å². The van der Waals surface area contributed by atoms with Crippen molar-refractivity contribution < 1.29 is 9.59 Å². The predicted octanol–water partition coefficient (Wildman–Crippen LogP) is 3.50. The average molecular weight is 415 g/mol. The molecule has 0 saturated heterocycles. The molecule has 1 atom stereocenters. The standard InChI is InChI=1S/C25H26N4O2/c1-2-18-8-3-5-11-21(18)28-25(31)24(30)27-17-23(20-10-7-14-26-16-20)29-15-13-19-9-4-6-12-22(19)29/h3-12,14,16,23H,2,13,15,17H2,1H3,(H,27,30)(H,28,31)/t23-/m0/s1. The summed E-state index contributed by atoms with van der Waals surface area (Å²) >= 11 is 0. The van der Waals surface area contributed by atoms with Crippen LogP contribution >= 0.6 is 0 Å². The van der Waals surface area contributed by atoms with Gasteiger partial charge in [0.05, 0.1) is 6.04 Å². The Hall–Kier alpha value is -3.67. The molecule has 1 aliphatic heterocycles. The summed E-state index contributed by atoms with van der Waals surface area (Å²) in [6.45, 7) is 3.17. The minimum absolute atomic E-state index is 0.114. The molecule has 0 unspecified atom stereocenters. The Morgan fingerprint density at radius 3 is 2.65 bits per heavy atom. The van der Waals surface area contributed by atoms with Crippen molar-refractivity contribution in [2.45, 2.75) is 25.8 Å². The maximum atomic E-state index is 12.6. The van der Waals surface area contributed by atoms with Gasteiger partial charge in [-0.25, -0.2) is 0 Å². The van der Waals surface area contributed by atoms with Gasteiger partial charge in [0, 0.05) is 36.9 Å². The van der Waals surface area contributed by atoms with Crippen LogP contribution in [0.4, 0.5) is 11.4 Å². The molecular weight excluding hydrogens is 388 g/mol. The number of hydrogen-bond acceptors (Lipinski definition) is 4. The normalized spacial score (nSPS) is 13.4. The van der Waals surface area contributed by atoms with Gasteiger partial charge in [-0.15, -0.1) is 0 Å². The van der Waals surface area contributed by atoms with E-state index in [1.807, 2.05) is 61.7 Å². The first kappa shape index (κ1) is 20.6. The molecule has 0 saturated carbocycles. The largest absolute Gasteiger partial charge is 0.362 e. The monoisotopic (exact) mass is 414 g/mol. The number of nitrogens with zero attached hydrogens (tertiary/aromatic N) is 2. The second kappa shape index (κ2) is 9.43. The molecule has 4 rings (SSSR count). The van der Waals surface area contributed by atoms with Gasteiger partial charge in [0.2, 0.25) is 0 Å². The molecule has 3 aromatic rings. The van der Waals surface area contributed by atoms with Crippen LogP contribution in [0.2, 0.25) is 0 Å². The van der Waals surface area contributed by atoms with Crippen LogP contribution < -0.4 is 15.5 Å². The third-order valence-electron chi connectivity index (χ3n) is 5.68. The van der Waals surface area contributed by atoms with Crippen LogP contribution in [-0.2, 0) is 22.4 Å². The summed E-state index contributed by atoms with van der Waals surface area (Å²) in [6, 6.07) is 19.6. The van der Waals surface area contributed by atoms with Gasteiger partial charge < -0.3 is 15.5 Å². The molecule has 0 aliphatic carbocycles.